The van der Waals surface area contributed by atoms with Gasteiger partial charge in [-0.25, -0.2) is 0 Å². The Balaban J connectivity index is 2.25. The fourth-order valence-corrected chi connectivity index (χ4v) is 9.80. The first-order valence-corrected chi connectivity index (χ1v) is 26.6. The summed E-state index contributed by atoms with van der Waals surface area (Å²) in [6.45, 7) is 52.9. The van der Waals surface area contributed by atoms with Crippen LogP contribution in [0, 0.1) is 56.7 Å². The van der Waals surface area contributed by atoms with Crippen molar-refractivity contribution in [2.45, 2.75) is 209 Å². The highest BCUT2D eigenvalue weighted by Crippen LogP contribution is 2.64. The number of nitriles is 4. The third-order valence-corrected chi connectivity index (χ3v) is 15.0. The highest BCUT2D eigenvalue weighted by atomic mass is 16.5. The van der Waals surface area contributed by atoms with Crippen molar-refractivity contribution < 1.29 is 4.74 Å². The van der Waals surface area contributed by atoms with Crippen molar-refractivity contribution in [3.63, 3.8) is 0 Å². The predicted molar refractivity (Wildman–Crippen MR) is 310 cm³/mol. The van der Waals surface area contributed by atoms with Crippen LogP contribution in [0.3, 0.4) is 0 Å². The Morgan fingerprint density at radius 2 is 0.608 bits per heavy atom. The molecular formula is C69H88N4O. The average Bonchev–Trinajstić information content (AvgIpc) is 3.26. The van der Waals surface area contributed by atoms with E-state index in [0.29, 0.717) is 28.1 Å². The van der Waals surface area contributed by atoms with E-state index in [1.54, 1.807) is 7.11 Å². The Morgan fingerprint density at radius 1 is 0.378 bits per heavy atom. The van der Waals surface area contributed by atoms with Gasteiger partial charge >= 0.3 is 0 Å². The smallest absolute Gasteiger partial charge is 0.183 e. The molecule has 1 atom stereocenters. The maximum atomic E-state index is 12.2. The van der Waals surface area contributed by atoms with Crippen molar-refractivity contribution >= 4 is 11.1 Å². The van der Waals surface area contributed by atoms with E-state index < -0.39 is 11.3 Å². The van der Waals surface area contributed by atoms with Crippen LogP contribution < -0.4 is 0 Å². The number of hydrogen-bond acceptors (Lipinski definition) is 5. The van der Waals surface area contributed by atoms with E-state index in [9.17, 15) is 21.0 Å². The minimum absolute atomic E-state index is 0.166. The molecule has 4 aromatic carbocycles. The van der Waals surface area contributed by atoms with E-state index in [1.807, 2.05) is 0 Å². The van der Waals surface area contributed by atoms with Gasteiger partial charge in [0, 0.05) is 16.7 Å². The maximum absolute atomic E-state index is 12.2. The van der Waals surface area contributed by atoms with Gasteiger partial charge in [-0.1, -0.05) is 239 Å². The van der Waals surface area contributed by atoms with Gasteiger partial charge in [-0.2, -0.15) is 21.0 Å². The molecule has 0 radical (unpaired) electrons. The zero-order valence-electron chi connectivity index (χ0n) is 50.2. The largest absolute Gasteiger partial charge is 0.500 e. The summed E-state index contributed by atoms with van der Waals surface area (Å²) in [6, 6.07) is 36.6. The lowest BCUT2D eigenvalue weighted by atomic mass is 9.50. The second-order valence-electron chi connectivity index (χ2n) is 29.4. The van der Waals surface area contributed by atoms with Gasteiger partial charge in [0.1, 0.15) is 23.5 Å². The molecule has 0 spiro atoms. The first-order valence-electron chi connectivity index (χ1n) is 26.6. The van der Waals surface area contributed by atoms with Gasteiger partial charge in [-0.05, 0) is 116 Å². The molecule has 1 aliphatic carbocycles. The molecule has 0 bridgehead atoms. The van der Waals surface area contributed by atoms with E-state index in [1.165, 1.54) is 0 Å². The molecule has 0 amide bonds. The van der Waals surface area contributed by atoms with Gasteiger partial charge in [-0.3, -0.25) is 0 Å². The molecule has 4 aromatic rings. The predicted octanol–water partition coefficient (Wildman–Crippen LogP) is 18.0. The second-order valence-corrected chi connectivity index (χ2v) is 29.4. The summed E-state index contributed by atoms with van der Waals surface area (Å²) in [4.78, 5) is 0. The molecule has 1 aliphatic rings. The Bertz CT molecular complexity index is 2820. The highest BCUT2D eigenvalue weighted by molar-refractivity contribution is 5.94. The molecule has 1 fully saturated rings. The molecule has 1 saturated carbocycles. The van der Waals surface area contributed by atoms with E-state index in [2.05, 4.69) is 263 Å². The van der Waals surface area contributed by atoms with Crippen LogP contribution in [-0.2, 0) is 48.1 Å². The van der Waals surface area contributed by atoms with Crippen LogP contribution >= 0.6 is 0 Å². The van der Waals surface area contributed by atoms with Crippen LogP contribution in [0.15, 0.2) is 95.3 Å². The van der Waals surface area contributed by atoms with Crippen LogP contribution in [0.4, 0.5) is 0 Å². The van der Waals surface area contributed by atoms with Crippen LogP contribution in [0.1, 0.15) is 233 Å². The molecule has 5 heteroatoms. The minimum Gasteiger partial charge on any atom is -0.500 e. The van der Waals surface area contributed by atoms with Crippen molar-refractivity contribution in [1.82, 2.24) is 0 Å². The van der Waals surface area contributed by atoms with Crippen LogP contribution in [0.2, 0.25) is 0 Å². The third kappa shape index (κ3) is 11.7. The number of rotatable bonds is 6. The van der Waals surface area contributed by atoms with E-state index in [-0.39, 0.29) is 48.9 Å². The quantitative estimate of drug-likeness (QED) is 0.141. The summed E-state index contributed by atoms with van der Waals surface area (Å²) in [5.41, 5.74) is 9.90. The van der Waals surface area contributed by atoms with Crippen molar-refractivity contribution in [1.29, 1.82) is 21.0 Å². The molecule has 5 rings (SSSR count). The fourth-order valence-electron chi connectivity index (χ4n) is 9.80. The zero-order chi connectivity index (χ0) is 56.5. The van der Waals surface area contributed by atoms with E-state index in [0.717, 1.165) is 66.8 Å². The maximum Gasteiger partial charge on any atom is 0.183 e. The Hall–Kier alpha value is -6.14. The monoisotopic (exact) mass is 989 g/mol. The van der Waals surface area contributed by atoms with Gasteiger partial charge in [0.15, 0.2) is 5.41 Å². The summed E-state index contributed by atoms with van der Waals surface area (Å²) in [6.07, 6.45) is 0. The van der Waals surface area contributed by atoms with Gasteiger partial charge in [0.25, 0.3) is 0 Å². The standard InChI is InChI=1S/C69H88N4O/c1-61(2,3)47-26-42(27-48(34-47)62(4,5)6)55(43-28-49(63(7,8)9)35-50(29-43)64(10,11)12)58-57(46(38-70)39-71)59(69(58,40-72)41-73)60(74-25)56(44-30-51(65(13,14)15)36-52(31-44)66(16,17)18)45-32-53(67(19,20)21)37-54(33-45)68(22,23)24/h26-37,59H,1-25H3. The zero-order valence-corrected chi connectivity index (χ0v) is 50.2. The molecule has 0 aliphatic heterocycles. The Labute approximate surface area is 449 Å². The molecule has 5 nitrogen and oxygen atoms in total. The fraction of sp³-hybridized carbons (Fsp3) is 0.507. The minimum atomic E-state index is -1.96. The van der Waals surface area contributed by atoms with Gasteiger partial charge in [0.2, 0.25) is 0 Å². The summed E-state index contributed by atoms with van der Waals surface area (Å²) in [7, 11) is 1.61. The lowest BCUT2D eigenvalue weighted by Gasteiger charge is -2.47. The Kier molecular flexibility index (Phi) is 15.5. The molecule has 1 unspecified atom stereocenters. The lowest BCUT2D eigenvalue weighted by Crippen LogP contribution is -2.46. The van der Waals surface area contributed by atoms with Crippen LogP contribution in [0.5, 0.6) is 0 Å². The molecule has 390 valence electrons. The van der Waals surface area contributed by atoms with Crippen LogP contribution in [0.25, 0.3) is 11.1 Å². The van der Waals surface area contributed by atoms with E-state index >= 15 is 0 Å². The summed E-state index contributed by atoms with van der Waals surface area (Å²) < 4.78 is 6.85. The molecular weight excluding hydrogens is 901 g/mol. The van der Waals surface area contributed by atoms with Gasteiger partial charge in [0.05, 0.1) is 25.2 Å². The summed E-state index contributed by atoms with van der Waals surface area (Å²) >= 11 is 0. The summed E-state index contributed by atoms with van der Waals surface area (Å²) in [5, 5.41) is 47.0. The normalized spacial score (nSPS) is 15.5. The number of benzene rings is 4. The molecule has 0 N–H and O–H groups in total. The summed E-state index contributed by atoms with van der Waals surface area (Å²) in [5.74, 6) is -0.811. The van der Waals surface area contributed by atoms with Crippen molar-refractivity contribution in [3.8, 4) is 24.3 Å². The lowest BCUT2D eigenvalue weighted by molar-refractivity contribution is 0.208. The number of hydrogen-bond donors (Lipinski definition) is 0. The van der Waals surface area contributed by atoms with Gasteiger partial charge < -0.3 is 4.74 Å². The van der Waals surface area contributed by atoms with Crippen molar-refractivity contribution in [3.05, 3.63) is 162 Å². The first kappa shape index (κ1) is 58.7. The van der Waals surface area contributed by atoms with Gasteiger partial charge in [-0.15, -0.1) is 0 Å². The number of allylic oxidation sites excluding steroid dienone is 3. The van der Waals surface area contributed by atoms with Crippen molar-refractivity contribution in [2.24, 2.45) is 11.3 Å². The number of ether oxygens (including phenoxy) is 1. The average molecular weight is 989 g/mol. The van der Waals surface area contributed by atoms with Crippen molar-refractivity contribution in [2.75, 3.05) is 7.11 Å². The third-order valence-electron chi connectivity index (χ3n) is 15.0. The Morgan fingerprint density at radius 3 is 0.797 bits per heavy atom. The molecule has 0 heterocycles. The first-order chi connectivity index (χ1) is 33.5. The molecule has 0 aromatic heterocycles. The number of methoxy groups -OCH3 is 1. The van der Waals surface area contributed by atoms with Crippen LogP contribution in [-0.4, -0.2) is 7.11 Å². The SMILES string of the molecule is COC(=C(c1cc(C(C)(C)C)cc(C(C)(C)C)c1)c1cc(C(C)(C)C)cc(C(C)(C)C)c1)C1C(=C(C#N)C#N)C(=C(c2cc(C(C)(C)C)cc(C(C)(C)C)c2)c2cc(C(C)(C)C)cc(C(C)(C)C)c2)C1(C#N)C#N. The second kappa shape index (κ2) is 19.5. The molecule has 0 saturated heterocycles. The number of nitrogens with zero attached hydrogens (tertiary/aromatic N) is 4. The van der Waals surface area contributed by atoms with E-state index in [4.69, 9.17) is 4.74 Å². The molecule has 74 heavy (non-hydrogen) atoms. The topological polar surface area (TPSA) is 104 Å². The highest BCUT2D eigenvalue weighted by Gasteiger charge is 2.62.